The number of aryl methyl sites for hydroxylation is 1. The van der Waals surface area contributed by atoms with Crippen molar-refractivity contribution < 1.29 is 12.8 Å². The van der Waals surface area contributed by atoms with E-state index in [0.29, 0.717) is 0 Å². The van der Waals surface area contributed by atoms with Gasteiger partial charge in [0.25, 0.3) is 0 Å². The second kappa shape index (κ2) is 5.46. The Morgan fingerprint density at radius 3 is 2.53 bits per heavy atom. The molecule has 0 aromatic heterocycles. The molecule has 0 atom stereocenters. The van der Waals surface area contributed by atoms with Gasteiger partial charge < -0.3 is 5.73 Å². The molecule has 3 N–H and O–H groups in total. The first-order valence-corrected chi connectivity index (χ1v) is 7.96. The van der Waals surface area contributed by atoms with Crippen molar-refractivity contribution in [2.24, 2.45) is 0 Å². The Balaban J connectivity index is 2.28. The molecule has 6 heteroatoms. The Morgan fingerprint density at radius 2 is 1.89 bits per heavy atom. The number of hydrogen-bond acceptors (Lipinski definition) is 3. The van der Waals surface area contributed by atoms with Crippen LogP contribution in [-0.4, -0.2) is 14.5 Å². The zero-order valence-electron chi connectivity index (χ0n) is 10.9. The summed E-state index contributed by atoms with van der Waals surface area (Å²) >= 11 is 0. The van der Waals surface area contributed by atoms with E-state index >= 15 is 0 Å². The van der Waals surface area contributed by atoms with Crippen molar-refractivity contribution in [3.8, 4) is 0 Å². The van der Waals surface area contributed by atoms with Crippen molar-refractivity contribution in [2.45, 2.75) is 50.0 Å². The van der Waals surface area contributed by atoms with E-state index in [1.165, 1.54) is 19.1 Å². The fourth-order valence-corrected chi connectivity index (χ4v) is 3.95. The van der Waals surface area contributed by atoms with Crippen LogP contribution in [0.2, 0.25) is 0 Å². The highest BCUT2D eigenvalue weighted by atomic mass is 32.2. The number of anilines is 1. The van der Waals surface area contributed by atoms with E-state index in [9.17, 15) is 12.8 Å². The molecule has 1 fully saturated rings. The SMILES string of the molecule is Cc1cc(N)cc(S(=O)(=O)NC2CCCCC2)c1F. The highest BCUT2D eigenvalue weighted by molar-refractivity contribution is 7.89. The molecule has 106 valence electrons. The van der Waals surface area contributed by atoms with Crippen LogP contribution in [-0.2, 0) is 10.0 Å². The lowest BCUT2D eigenvalue weighted by atomic mass is 9.96. The second-order valence-corrected chi connectivity index (χ2v) is 6.79. The van der Waals surface area contributed by atoms with Gasteiger partial charge in [-0.1, -0.05) is 19.3 Å². The topological polar surface area (TPSA) is 72.2 Å². The van der Waals surface area contributed by atoms with Crippen LogP contribution in [0.15, 0.2) is 17.0 Å². The molecular formula is C13H19FN2O2S. The number of halogens is 1. The highest BCUT2D eigenvalue weighted by Gasteiger charge is 2.25. The van der Waals surface area contributed by atoms with Gasteiger partial charge in [0.05, 0.1) is 0 Å². The average molecular weight is 286 g/mol. The molecule has 0 heterocycles. The summed E-state index contributed by atoms with van der Waals surface area (Å²) in [4.78, 5) is -0.351. The first-order chi connectivity index (χ1) is 8.90. The first kappa shape index (κ1) is 14.3. The van der Waals surface area contributed by atoms with Crippen LogP contribution < -0.4 is 10.5 Å². The minimum Gasteiger partial charge on any atom is -0.399 e. The molecule has 1 aromatic carbocycles. The maximum Gasteiger partial charge on any atom is 0.243 e. The number of hydrogen-bond donors (Lipinski definition) is 2. The van der Waals surface area contributed by atoms with Gasteiger partial charge in [0.15, 0.2) is 0 Å². The summed E-state index contributed by atoms with van der Waals surface area (Å²) in [6.45, 7) is 1.51. The predicted molar refractivity (Wildman–Crippen MR) is 72.7 cm³/mol. The average Bonchev–Trinajstić information content (AvgIpc) is 2.34. The van der Waals surface area contributed by atoms with E-state index in [2.05, 4.69) is 4.72 Å². The first-order valence-electron chi connectivity index (χ1n) is 6.48. The summed E-state index contributed by atoms with van der Waals surface area (Å²) in [6.07, 6.45) is 4.76. The lowest BCUT2D eigenvalue weighted by molar-refractivity contribution is 0.411. The third-order valence-electron chi connectivity index (χ3n) is 3.46. The van der Waals surface area contributed by atoms with Crippen LogP contribution in [0.5, 0.6) is 0 Å². The molecule has 1 aliphatic rings. The van der Waals surface area contributed by atoms with Crippen molar-refractivity contribution in [3.63, 3.8) is 0 Å². The monoisotopic (exact) mass is 286 g/mol. The number of nitrogen functional groups attached to an aromatic ring is 1. The van der Waals surface area contributed by atoms with Crippen LogP contribution in [0.25, 0.3) is 0 Å². The van der Waals surface area contributed by atoms with Crippen molar-refractivity contribution in [3.05, 3.63) is 23.5 Å². The zero-order valence-corrected chi connectivity index (χ0v) is 11.8. The normalized spacial score (nSPS) is 17.6. The molecule has 4 nitrogen and oxygen atoms in total. The van der Waals surface area contributed by atoms with E-state index in [0.717, 1.165) is 32.1 Å². The summed E-state index contributed by atoms with van der Waals surface area (Å²) in [5.41, 5.74) is 6.09. The minimum atomic E-state index is -3.84. The molecule has 1 aliphatic carbocycles. The van der Waals surface area contributed by atoms with Crippen molar-refractivity contribution in [2.75, 3.05) is 5.73 Å². The fourth-order valence-electron chi connectivity index (χ4n) is 2.46. The zero-order chi connectivity index (χ0) is 14.0. The van der Waals surface area contributed by atoms with Gasteiger partial charge in [0.1, 0.15) is 10.7 Å². The molecule has 0 aliphatic heterocycles. The number of nitrogens with two attached hydrogens (primary N) is 1. The van der Waals surface area contributed by atoms with E-state index < -0.39 is 15.8 Å². The second-order valence-electron chi connectivity index (χ2n) is 5.11. The van der Waals surface area contributed by atoms with E-state index in [1.54, 1.807) is 0 Å². The van der Waals surface area contributed by atoms with Crippen LogP contribution in [0.1, 0.15) is 37.7 Å². The molecule has 2 rings (SSSR count). The Hall–Kier alpha value is -1.14. The quantitative estimate of drug-likeness (QED) is 0.838. The van der Waals surface area contributed by atoms with Crippen LogP contribution in [0, 0.1) is 12.7 Å². The van der Waals surface area contributed by atoms with Gasteiger partial charge in [-0.25, -0.2) is 17.5 Å². The molecule has 19 heavy (non-hydrogen) atoms. The van der Waals surface area contributed by atoms with E-state index in [1.807, 2.05) is 0 Å². The minimum absolute atomic E-state index is 0.0973. The Labute approximate surface area is 113 Å². The smallest absolute Gasteiger partial charge is 0.243 e. The highest BCUT2D eigenvalue weighted by Crippen LogP contribution is 2.24. The maximum atomic E-state index is 14.0. The van der Waals surface area contributed by atoms with Gasteiger partial charge in [-0.2, -0.15) is 0 Å². The molecule has 0 radical (unpaired) electrons. The van der Waals surface area contributed by atoms with Crippen LogP contribution in [0.3, 0.4) is 0 Å². The third-order valence-corrected chi connectivity index (χ3v) is 4.98. The van der Waals surface area contributed by atoms with E-state index in [-0.39, 0.29) is 22.2 Å². The molecule has 0 unspecified atom stereocenters. The number of sulfonamides is 1. The standard InChI is InChI=1S/C13H19FN2O2S/c1-9-7-10(15)8-12(13(9)14)19(17,18)16-11-5-3-2-4-6-11/h7-8,11,16H,2-6,15H2,1H3. The van der Waals surface area contributed by atoms with Gasteiger partial charge in [-0.15, -0.1) is 0 Å². The van der Waals surface area contributed by atoms with Gasteiger partial charge in [0.2, 0.25) is 10.0 Å². The van der Waals surface area contributed by atoms with Crippen molar-refractivity contribution in [1.29, 1.82) is 0 Å². The van der Waals surface area contributed by atoms with Crippen molar-refractivity contribution in [1.82, 2.24) is 4.72 Å². The van der Waals surface area contributed by atoms with E-state index in [4.69, 9.17) is 5.73 Å². The maximum absolute atomic E-state index is 14.0. The fraction of sp³-hybridized carbons (Fsp3) is 0.538. The van der Waals surface area contributed by atoms with Gasteiger partial charge in [-0.05, 0) is 37.5 Å². The van der Waals surface area contributed by atoms with Crippen LogP contribution >= 0.6 is 0 Å². The summed E-state index contributed by atoms with van der Waals surface area (Å²) in [6, 6.07) is 2.50. The molecule has 0 bridgehead atoms. The Bertz CT molecular complexity index is 566. The van der Waals surface area contributed by atoms with Gasteiger partial charge in [-0.3, -0.25) is 0 Å². The Kier molecular flexibility index (Phi) is 4.10. The molecule has 1 aromatic rings. The Morgan fingerprint density at radius 1 is 1.26 bits per heavy atom. The summed E-state index contributed by atoms with van der Waals surface area (Å²) in [5, 5.41) is 0. The molecular weight excluding hydrogens is 267 g/mol. The molecule has 1 saturated carbocycles. The lowest BCUT2D eigenvalue weighted by Gasteiger charge is -2.23. The summed E-state index contributed by atoms with van der Waals surface area (Å²) in [5.74, 6) is -0.725. The predicted octanol–water partition coefficient (Wildman–Crippen LogP) is 2.33. The molecule has 0 saturated heterocycles. The van der Waals surface area contributed by atoms with Crippen molar-refractivity contribution >= 4 is 15.7 Å². The van der Waals surface area contributed by atoms with Gasteiger partial charge in [0, 0.05) is 11.7 Å². The third kappa shape index (κ3) is 3.25. The summed E-state index contributed by atoms with van der Waals surface area (Å²) in [7, 11) is -3.84. The lowest BCUT2D eigenvalue weighted by Crippen LogP contribution is -2.36. The van der Waals surface area contributed by atoms with Gasteiger partial charge >= 0.3 is 0 Å². The van der Waals surface area contributed by atoms with Crippen LogP contribution in [0.4, 0.5) is 10.1 Å². The molecule has 0 amide bonds. The number of rotatable bonds is 3. The largest absolute Gasteiger partial charge is 0.399 e. The molecule has 0 spiro atoms. The summed E-state index contributed by atoms with van der Waals surface area (Å²) < 4.78 is 41.0. The number of nitrogens with one attached hydrogen (secondary N) is 1. The number of benzene rings is 1.